The van der Waals surface area contributed by atoms with Crippen molar-refractivity contribution >= 4 is 11.9 Å². The normalized spacial score (nSPS) is 16.7. The van der Waals surface area contributed by atoms with Gasteiger partial charge in [0.15, 0.2) is 0 Å². The van der Waals surface area contributed by atoms with Crippen LogP contribution in [0.1, 0.15) is 33.9 Å². The van der Waals surface area contributed by atoms with E-state index in [1.807, 2.05) is 13.1 Å². The molecule has 1 atom stereocenters. The van der Waals surface area contributed by atoms with E-state index in [0.717, 1.165) is 24.2 Å². The fourth-order valence-corrected chi connectivity index (χ4v) is 2.91. The number of fused-ring (bicyclic) bond motifs is 1. The van der Waals surface area contributed by atoms with Crippen LogP contribution in [0.5, 0.6) is 0 Å². The number of carbonyl (C=O) groups excluding carboxylic acids is 1. The van der Waals surface area contributed by atoms with Crippen molar-refractivity contribution in [3.8, 4) is 0 Å². The van der Waals surface area contributed by atoms with Gasteiger partial charge in [0.1, 0.15) is 5.82 Å². The van der Waals surface area contributed by atoms with Crippen LogP contribution in [-0.2, 0) is 24.3 Å². The third-order valence-corrected chi connectivity index (χ3v) is 4.33. The van der Waals surface area contributed by atoms with Crippen molar-refractivity contribution in [1.82, 2.24) is 14.9 Å². The molecule has 2 N–H and O–H groups in total. The van der Waals surface area contributed by atoms with Gasteiger partial charge in [-0.3, -0.25) is 4.79 Å². The summed E-state index contributed by atoms with van der Waals surface area (Å²) in [6.45, 7) is 3.03. The molecule has 6 heteroatoms. The zero-order chi connectivity index (χ0) is 16.4. The van der Waals surface area contributed by atoms with Crippen molar-refractivity contribution in [2.45, 2.75) is 32.9 Å². The Hall–Kier alpha value is -2.63. The van der Waals surface area contributed by atoms with Gasteiger partial charge in [0.05, 0.1) is 11.5 Å². The third kappa shape index (κ3) is 3.26. The standard InChI is InChI=1S/C17H19N3O3/c1-11-18-9-15-7-6-14(10-20(11)15)16(21)19-8-12-2-4-13(5-3-12)17(22)23/h2-5,9,14H,6-8,10H2,1H3,(H,19,21)(H,22,23). The van der Waals surface area contributed by atoms with Gasteiger partial charge in [0.25, 0.3) is 0 Å². The number of aromatic nitrogens is 2. The Bertz CT molecular complexity index is 734. The number of benzene rings is 1. The molecular weight excluding hydrogens is 294 g/mol. The highest BCUT2D eigenvalue weighted by Crippen LogP contribution is 2.21. The lowest BCUT2D eigenvalue weighted by Crippen LogP contribution is -2.35. The van der Waals surface area contributed by atoms with Crippen molar-refractivity contribution in [2.75, 3.05) is 0 Å². The number of aryl methyl sites for hydroxylation is 2. The van der Waals surface area contributed by atoms with E-state index < -0.39 is 5.97 Å². The fraction of sp³-hybridized carbons (Fsp3) is 0.353. The smallest absolute Gasteiger partial charge is 0.335 e. The van der Waals surface area contributed by atoms with Crippen LogP contribution < -0.4 is 5.32 Å². The number of nitrogens with zero attached hydrogens (tertiary/aromatic N) is 2. The number of aromatic carboxylic acids is 1. The minimum absolute atomic E-state index is 0.0334. The quantitative estimate of drug-likeness (QED) is 0.901. The molecule has 1 unspecified atom stereocenters. The van der Waals surface area contributed by atoms with E-state index in [0.29, 0.717) is 13.1 Å². The first-order chi connectivity index (χ1) is 11.0. The van der Waals surface area contributed by atoms with Crippen LogP contribution in [-0.4, -0.2) is 26.5 Å². The average Bonchev–Trinajstić information content (AvgIpc) is 2.93. The van der Waals surface area contributed by atoms with Crippen LogP contribution in [0.25, 0.3) is 0 Å². The second-order valence-electron chi connectivity index (χ2n) is 5.86. The summed E-state index contributed by atoms with van der Waals surface area (Å²) in [7, 11) is 0. The van der Waals surface area contributed by atoms with Gasteiger partial charge >= 0.3 is 5.97 Å². The number of carboxylic acid groups (broad SMARTS) is 1. The number of hydrogen-bond donors (Lipinski definition) is 2. The summed E-state index contributed by atoms with van der Waals surface area (Å²) in [6, 6.07) is 6.54. The molecule has 2 aromatic rings. The molecule has 120 valence electrons. The topological polar surface area (TPSA) is 84.2 Å². The van der Waals surface area contributed by atoms with Gasteiger partial charge in [-0.1, -0.05) is 12.1 Å². The molecule has 2 heterocycles. The molecule has 23 heavy (non-hydrogen) atoms. The number of carbonyl (C=O) groups is 2. The van der Waals surface area contributed by atoms with Crippen LogP contribution >= 0.6 is 0 Å². The van der Waals surface area contributed by atoms with Crippen molar-refractivity contribution < 1.29 is 14.7 Å². The van der Waals surface area contributed by atoms with Crippen molar-refractivity contribution in [1.29, 1.82) is 0 Å². The van der Waals surface area contributed by atoms with Crippen LogP contribution in [0, 0.1) is 12.8 Å². The van der Waals surface area contributed by atoms with E-state index in [2.05, 4.69) is 14.9 Å². The molecule has 3 rings (SSSR count). The highest BCUT2D eigenvalue weighted by atomic mass is 16.4. The number of rotatable bonds is 4. The first-order valence-electron chi connectivity index (χ1n) is 7.65. The van der Waals surface area contributed by atoms with Gasteiger partial charge in [0, 0.05) is 25.0 Å². The molecular formula is C17H19N3O3. The first-order valence-corrected chi connectivity index (χ1v) is 7.65. The maximum Gasteiger partial charge on any atom is 0.335 e. The highest BCUT2D eigenvalue weighted by Gasteiger charge is 2.25. The minimum Gasteiger partial charge on any atom is -0.478 e. The van der Waals surface area contributed by atoms with Gasteiger partial charge in [-0.15, -0.1) is 0 Å². The summed E-state index contributed by atoms with van der Waals surface area (Å²) < 4.78 is 2.11. The number of hydrogen-bond acceptors (Lipinski definition) is 3. The summed E-state index contributed by atoms with van der Waals surface area (Å²) in [4.78, 5) is 27.5. The van der Waals surface area contributed by atoms with Crippen LogP contribution in [0.2, 0.25) is 0 Å². The SMILES string of the molecule is Cc1ncc2n1CC(C(=O)NCc1ccc(C(=O)O)cc1)CC2. The molecule has 0 aliphatic carbocycles. The van der Waals surface area contributed by atoms with E-state index in [9.17, 15) is 9.59 Å². The van der Waals surface area contributed by atoms with E-state index in [-0.39, 0.29) is 17.4 Å². The van der Waals surface area contributed by atoms with E-state index in [4.69, 9.17) is 5.11 Å². The minimum atomic E-state index is -0.950. The van der Waals surface area contributed by atoms with Gasteiger partial charge in [0.2, 0.25) is 5.91 Å². The maximum absolute atomic E-state index is 12.4. The predicted octanol–water partition coefficient (Wildman–Crippen LogP) is 1.77. The summed E-state index contributed by atoms with van der Waals surface area (Å²) in [5.41, 5.74) is 2.32. The number of amides is 1. The van der Waals surface area contributed by atoms with Crippen molar-refractivity contribution in [3.63, 3.8) is 0 Å². The molecule has 0 saturated heterocycles. The second kappa shape index (κ2) is 6.24. The molecule has 0 radical (unpaired) electrons. The number of nitrogens with one attached hydrogen (secondary N) is 1. The molecule has 1 aromatic heterocycles. The fourth-order valence-electron chi connectivity index (χ4n) is 2.91. The molecule has 0 spiro atoms. The van der Waals surface area contributed by atoms with Crippen molar-refractivity contribution in [2.24, 2.45) is 5.92 Å². The zero-order valence-corrected chi connectivity index (χ0v) is 13.0. The van der Waals surface area contributed by atoms with E-state index in [1.165, 1.54) is 5.69 Å². The van der Waals surface area contributed by atoms with Crippen LogP contribution in [0.15, 0.2) is 30.5 Å². The third-order valence-electron chi connectivity index (χ3n) is 4.33. The van der Waals surface area contributed by atoms with E-state index in [1.54, 1.807) is 24.3 Å². The van der Waals surface area contributed by atoms with Gasteiger partial charge < -0.3 is 15.0 Å². The Balaban J connectivity index is 1.58. The first kappa shape index (κ1) is 15.3. The lowest BCUT2D eigenvalue weighted by Gasteiger charge is -2.24. The number of imidazole rings is 1. The average molecular weight is 313 g/mol. The molecule has 1 amide bonds. The lowest BCUT2D eigenvalue weighted by molar-refractivity contribution is -0.126. The number of carboxylic acids is 1. The largest absolute Gasteiger partial charge is 0.478 e. The summed E-state index contributed by atoms with van der Waals surface area (Å²) >= 11 is 0. The Morgan fingerprint density at radius 3 is 2.78 bits per heavy atom. The van der Waals surface area contributed by atoms with Crippen LogP contribution in [0.3, 0.4) is 0 Å². The molecule has 0 fully saturated rings. The van der Waals surface area contributed by atoms with Crippen molar-refractivity contribution in [3.05, 3.63) is 53.1 Å². The maximum atomic E-state index is 12.4. The zero-order valence-electron chi connectivity index (χ0n) is 13.0. The van der Waals surface area contributed by atoms with Crippen LogP contribution in [0.4, 0.5) is 0 Å². The van der Waals surface area contributed by atoms with E-state index >= 15 is 0 Å². The molecule has 6 nitrogen and oxygen atoms in total. The van der Waals surface area contributed by atoms with Gasteiger partial charge in [-0.25, -0.2) is 9.78 Å². The Morgan fingerprint density at radius 1 is 1.35 bits per heavy atom. The molecule has 0 bridgehead atoms. The predicted molar refractivity (Wildman–Crippen MR) is 84.0 cm³/mol. The summed E-state index contributed by atoms with van der Waals surface area (Å²) in [6.07, 6.45) is 3.58. The highest BCUT2D eigenvalue weighted by molar-refractivity contribution is 5.87. The lowest BCUT2D eigenvalue weighted by atomic mass is 9.97. The summed E-state index contributed by atoms with van der Waals surface area (Å²) in [5, 5.41) is 11.8. The Labute approximate surface area is 134 Å². The van der Waals surface area contributed by atoms with Gasteiger partial charge in [-0.05, 0) is 37.5 Å². The Morgan fingerprint density at radius 2 is 2.09 bits per heavy atom. The molecule has 1 aliphatic heterocycles. The molecule has 0 saturated carbocycles. The molecule has 1 aliphatic rings. The molecule has 1 aromatic carbocycles. The second-order valence-corrected chi connectivity index (χ2v) is 5.86. The monoisotopic (exact) mass is 313 g/mol. The Kier molecular flexibility index (Phi) is 4.14. The van der Waals surface area contributed by atoms with Gasteiger partial charge in [-0.2, -0.15) is 0 Å². The summed E-state index contributed by atoms with van der Waals surface area (Å²) in [5.74, 6) is -0.0178.